The molecule has 2 N–H and O–H groups in total. The molecule has 0 saturated carbocycles. The molecular weight excluding hydrogens is 341 g/mol. The van der Waals surface area contributed by atoms with E-state index in [2.05, 4.69) is 15.5 Å². The van der Waals surface area contributed by atoms with Gasteiger partial charge in [-0.1, -0.05) is 12.1 Å². The average molecular weight is 359 g/mol. The Bertz CT molecular complexity index is 761. The van der Waals surface area contributed by atoms with E-state index in [1.165, 1.54) is 24.3 Å². The average Bonchev–Trinajstić information content (AvgIpc) is 2.63. The minimum atomic E-state index is -0.392. The van der Waals surface area contributed by atoms with Gasteiger partial charge in [-0.05, 0) is 48.6 Å². The quantitative estimate of drug-likeness (QED) is 0.826. The Kier molecular flexibility index (Phi) is 5.57. The Hall–Kier alpha value is -2.51. The van der Waals surface area contributed by atoms with Crippen molar-refractivity contribution < 1.29 is 13.9 Å². The Labute approximate surface area is 150 Å². The van der Waals surface area contributed by atoms with Crippen LogP contribution in [0.3, 0.4) is 0 Å². The second-order valence-electron chi connectivity index (χ2n) is 5.53. The molecular formula is C18H18FN3O2S. The fraction of sp³-hybridized carbons (Fsp3) is 0.222. The summed E-state index contributed by atoms with van der Waals surface area (Å²) in [5, 5.41) is 5.86. The first-order chi connectivity index (χ1) is 12.1. The number of amides is 1. The maximum Gasteiger partial charge on any atom is 0.257 e. The van der Waals surface area contributed by atoms with Gasteiger partial charge in [0.2, 0.25) is 0 Å². The smallest absolute Gasteiger partial charge is 0.257 e. The van der Waals surface area contributed by atoms with Gasteiger partial charge in [-0.3, -0.25) is 10.1 Å². The summed E-state index contributed by atoms with van der Waals surface area (Å²) in [5.74, 6) is -0.780. The predicted molar refractivity (Wildman–Crippen MR) is 99.6 cm³/mol. The molecule has 0 spiro atoms. The second kappa shape index (κ2) is 8.04. The zero-order chi connectivity index (χ0) is 17.6. The summed E-state index contributed by atoms with van der Waals surface area (Å²) in [5.41, 5.74) is 2.16. The molecule has 0 radical (unpaired) electrons. The van der Waals surface area contributed by atoms with Crippen molar-refractivity contribution in [2.24, 2.45) is 0 Å². The molecule has 1 heterocycles. The number of para-hydroxylation sites is 2. The highest BCUT2D eigenvalue weighted by Gasteiger charge is 2.15. The normalized spacial score (nSPS) is 14.0. The highest BCUT2D eigenvalue weighted by Crippen LogP contribution is 2.26. The molecule has 3 rings (SSSR count). The van der Waals surface area contributed by atoms with E-state index >= 15 is 0 Å². The summed E-state index contributed by atoms with van der Waals surface area (Å²) in [6.45, 7) is 2.96. The van der Waals surface area contributed by atoms with Crippen LogP contribution in [-0.4, -0.2) is 37.3 Å². The van der Waals surface area contributed by atoms with Crippen molar-refractivity contribution in [2.45, 2.75) is 0 Å². The van der Waals surface area contributed by atoms with Gasteiger partial charge >= 0.3 is 0 Å². The third-order valence-corrected chi connectivity index (χ3v) is 4.04. The number of rotatable bonds is 3. The van der Waals surface area contributed by atoms with Crippen molar-refractivity contribution in [3.05, 3.63) is 59.9 Å². The summed E-state index contributed by atoms with van der Waals surface area (Å²) in [4.78, 5) is 14.4. The van der Waals surface area contributed by atoms with Crippen molar-refractivity contribution in [3.8, 4) is 0 Å². The van der Waals surface area contributed by atoms with Gasteiger partial charge in [0, 0.05) is 18.7 Å². The van der Waals surface area contributed by atoms with Crippen LogP contribution < -0.4 is 15.5 Å². The predicted octanol–water partition coefficient (Wildman–Crippen LogP) is 2.79. The number of hydrogen-bond donors (Lipinski definition) is 2. The van der Waals surface area contributed by atoms with Gasteiger partial charge in [0.05, 0.1) is 24.6 Å². The minimum absolute atomic E-state index is 0.190. The Morgan fingerprint density at radius 1 is 1.08 bits per heavy atom. The van der Waals surface area contributed by atoms with Crippen molar-refractivity contribution >= 4 is 34.6 Å². The molecule has 25 heavy (non-hydrogen) atoms. The van der Waals surface area contributed by atoms with Crippen molar-refractivity contribution in [2.75, 3.05) is 36.5 Å². The Morgan fingerprint density at radius 3 is 2.48 bits per heavy atom. The van der Waals surface area contributed by atoms with Crippen LogP contribution in [0, 0.1) is 5.82 Å². The first kappa shape index (κ1) is 17.3. The summed E-state index contributed by atoms with van der Waals surface area (Å²) < 4.78 is 18.3. The topological polar surface area (TPSA) is 53.6 Å². The summed E-state index contributed by atoms with van der Waals surface area (Å²) in [6, 6.07) is 13.0. The van der Waals surface area contributed by atoms with E-state index in [0.717, 1.165) is 24.5 Å². The monoisotopic (exact) mass is 359 g/mol. The van der Waals surface area contributed by atoms with Crippen LogP contribution in [0.15, 0.2) is 48.5 Å². The number of nitrogens with one attached hydrogen (secondary N) is 2. The van der Waals surface area contributed by atoms with E-state index in [9.17, 15) is 9.18 Å². The molecule has 0 bridgehead atoms. The SMILES string of the molecule is O=C(NC(=S)Nc1ccccc1N1CCOCC1)c1ccc(F)cc1. The van der Waals surface area contributed by atoms with Gasteiger partial charge < -0.3 is 15.0 Å². The summed E-state index contributed by atoms with van der Waals surface area (Å²) >= 11 is 5.24. The maximum absolute atomic E-state index is 12.9. The standard InChI is InChI=1S/C18H18FN3O2S/c19-14-7-5-13(6-8-14)17(23)21-18(25)20-15-3-1-2-4-16(15)22-9-11-24-12-10-22/h1-8H,9-12H2,(H2,20,21,23,25). The lowest BCUT2D eigenvalue weighted by atomic mass is 10.2. The van der Waals surface area contributed by atoms with Gasteiger partial charge in [0.1, 0.15) is 5.82 Å². The van der Waals surface area contributed by atoms with Crippen molar-refractivity contribution in [1.82, 2.24) is 5.32 Å². The van der Waals surface area contributed by atoms with E-state index < -0.39 is 5.82 Å². The van der Waals surface area contributed by atoms with Gasteiger partial charge in [-0.25, -0.2) is 4.39 Å². The molecule has 0 aliphatic carbocycles. The zero-order valence-electron chi connectivity index (χ0n) is 13.5. The Morgan fingerprint density at radius 2 is 1.76 bits per heavy atom. The molecule has 1 amide bonds. The molecule has 1 aliphatic heterocycles. The van der Waals surface area contributed by atoms with E-state index in [0.29, 0.717) is 18.8 Å². The number of halogens is 1. The maximum atomic E-state index is 12.9. The molecule has 1 saturated heterocycles. The van der Waals surface area contributed by atoms with Gasteiger partial charge in [-0.2, -0.15) is 0 Å². The Balaban J connectivity index is 1.66. The van der Waals surface area contributed by atoms with Crippen LogP contribution in [0.5, 0.6) is 0 Å². The van der Waals surface area contributed by atoms with E-state index in [4.69, 9.17) is 17.0 Å². The molecule has 0 aromatic heterocycles. The zero-order valence-corrected chi connectivity index (χ0v) is 14.3. The lowest BCUT2D eigenvalue weighted by molar-refractivity contribution is 0.0977. The molecule has 2 aromatic rings. The number of ether oxygens (including phenoxy) is 1. The van der Waals surface area contributed by atoms with Crippen LogP contribution in [0.4, 0.5) is 15.8 Å². The number of thiocarbonyl (C=S) groups is 1. The number of carbonyl (C=O) groups excluding carboxylic acids is 1. The third-order valence-electron chi connectivity index (χ3n) is 3.84. The van der Waals surface area contributed by atoms with Crippen LogP contribution in [0.2, 0.25) is 0 Å². The number of benzene rings is 2. The number of hydrogen-bond acceptors (Lipinski definition) is 4. The van der Waals surface area contributed by atoms with Crippen molar-refractivity contribution in [3.63, 3.8) is 0 Å². The first-order valence-corrected chi connectivity index (χ1v) is 8.34. The molecule has 1 fully saturated rings. The molecule has 0 atom stereocenters. The van der Waals surface area contributed by atoms with Crippen LogP contribution >= 0.6 is 12.2 Å². The fourth-order valence-corrected chi connectivity index (χ4v) is 2.79. The number of morpholine rings is 1. The van der Waals surface area contributed by atoms with E-state index in [1.807, 2.05) is 24.3 Å². The van der Waals surface area contributed by atoms with Gasteiger partial charge in [0.15, 0.2) is 5.11 Å². The highest BCUT2D eigenvalue weighted by atomic mass is 32.1. The first-order valence-electron chi connectivity index (χ1n) is 7.93. The second-order valence-corrected chi connectivity index (χ2v) is 5.94. The molecule has 7 heteroatoms. The lowest BCUT2D eigenvalue weighted by Gasteiger charge is -2.30. The highest BCUT2D eigenvalue weighted by molar-refractivity contribution is 7.80. The van der Waals surface area contributed by atoms with E-state index in [1.54, 1.807) is 0 Å². The van der Waals surface area contributed by atoms with Crippen LogP contribution in [0.25, 0.3) is 0 Å². The number of nitrogens with zero attached hydrogens (tertiary/aromatic N) is 1. The molecule has 2 aromatic carbocycles. The summed E-state index contributed by atoms with van der Waals surface area (Å²) in [7, 11) is 0. The molecule has 130 valence electrons. The molecule has 0 unspecified atom stereocenters. The largest absolute Gasteiger partial charge is 0.378 e. The van der Waals surface area contributed by atoms with Gasteiger partial charge in [-0.15, -0.1) is 0 Å². The van der Waals surface area contributed by atoms with Crippen molar-refractivity contribution in [1.29, 1.82) is 0 Å². The number of carbonyl (C=O) groups is 1. The van der Waals surface area contributed by atoms with Crippen LogP contribution in [0.1, 0.15) is 10.4 Å². The summed E-state index contributed by atoms with van der Waals surface area (Å²) in [6.07, 6.45) is 0. The van der Waals surface area contributed by atoms with Gasteiger partial charge in [0.25, 0.3) is 5.91 Å². The van der Waals surface area contributed by atoms with E-state index in [-0.39, 0.29) is 11.0 Å². The third kappa shape index (κ3) is 4.52. The lowest BCUT2D eigenvalue weighted by Crippen LogP contribution is -2.38. The minimum Gasteiger partial charge on any atom is -0.378 e. The van der Waals surface area contributed by atoms with Crippen LogP contribution in [-0.2, 0) is 4.74 Å². The number of anilines is 2. The molecule has 5 nitrogen and oxygen atoms in total. The molecule has 1 aliphatic rings. The fourth-order valence-electron chi connectivity index (χ4n) is 2.59.